The largest absolute Gasteiger partial charge is 0.207 e. The number of benzene rings is 2. The minimum absolute atomic E-state index is 0.339. The fraction of sp³-hybridized carbons (Fsp3) is 0.478. The van der Waals surface area contributed by atoms with Crippen LogP contribution < -0.4 is 0 Å². The Morgan fingerprint density at radius 1 is 0.880 bits per heavy atom. The molecule has 25 heavy (non-hydrogen) atoms. The van der Waals surface area contributed by atoms with Gasteiger partial charge in [-0.15, -0.1) is 0 Å². The predicted octanol–water partition coefficient (Wildman–Crippen LogP) is 7.49. The molecule has 1 fully saturated rings. The molecule has 0 spiro atoms. The molecule has 0 saturated heterocycles. The lowest BCUT2D eigenvalue weighted by Crippen LogP contribution is -2.13. The molecule has 0 bridgehead atoms. The van der Waals surface area contributed by atoms with Crippen molar-refractivity contribution in [2.75, 3.05) is 0 Å². The van der Waals surface area contributed by atoms with Gasteiger partial charge in [-0.25, -0.2) is 8.78 Å². The van der Waals surface area contributed by atoms with Gasteiger partial charge < -0.3 is 0 Å². The Morgan fingerprint density at radius 3 is 2.28 bits per heavy atom. The average molecular weight is 342 g/mol. The average Bonchev–Trinajstić information content (AvgIpc) is 2.65. The lowest BCUT2D eigenvalue weighted by Gasteiger charge is -2.29. The Bertz CT molecular complexity index is 667. The molecule has 134 valence electrons. The molecule has 2 aromatic rings. The lowest BCUT2D eigenvalue weighted by atomic mass is 9.77. The fourth-order valence-corrected chi connectivity index (χ4v) is 4.12. The molecule has 3 rings (SSSR count). The minimum Gasteiger partial charge on any atom is -0.207 e. The van der Waals surface area contributed by atoms with E-state index in [1.807, 2.05) is 12.1 Å². The van der Waals surface area contributed by atoms with Crippen molar-refractivity contribution in [2.45, 2.75) is 64.2 Å². The van der Waals surface area contributed by atoms with Crippen molar-refractivity contribution in [3.8, 4) is 11.1 Å². The van der Waals surface area contributed by atoms with Crippen LogP contribution in [0.25, 0.3) is 11.1 Å². The molecule has 0 aromatic heterocycles. The van der Waals surface area contributed by atoms with E-state index in [1.165, 1.54) is 69.1 Å². The highest BCUT2D eigenvalue weighted by Gasteiger charge is 2.22. The summed E-state index contributed by atoms with van der Waals surface area (Å²) < 4.78 is 27.3. The van der Waals surface area contributed by atoms with Crippen molar-refractivity contribution in [1.29, 1.82) is 0 Å². The SMILES string of the molecule is CCCCCC1CCC(c2ccc(-c3cc(F)ccc3F)cc2)CC1. The Morgan fingerprint density at radius 2 is 1.60 bits per heavy atom. The zero-order valence-corrected chi connectivity index (χ0v) is 15.1. The van der Waals surface area contributed by atoms with Gasteiger partial charge in [-0.1, -0.05) is 56.9 Å². The molecule has 0 aliphatic heterocycles. The van der Waals surface area contributed by atoms with Crippen LogP contribution in [-0.2, 0) is 0 Å². The summed E-state index contributed by atoms with van der Waals surface area (Å²) in [5, 5.41) is 0. The van der Waals surface area contributed by atoms with Gasteiger partial charge in [0, 0.05) is 5.56 Å². The summed E-state index contributed by atoms with van der Waals surface area (Å²) >= 11 is 0. The molecule has 0 amide bonds. The van der Waals surface area contributed by atoms with E-state index in [-0.39, 0.29) is 5.82 Å². The van der Waals surface area contributed by atoms with Gasteiger partial charge in [0.2, 0.25) is 0 Å². The van der Waals surface area contributed by atoms with Crippen LogP contribution in [-0.4, -0.2) is 0 Å². The number of halogens is 2. The molecule has 0 nitrogen and oxygen atoms in total. The molecule has 1 aliphatic rings. The van der Waals surface area contributed by atoms with Crippen molar-refractivity contribution >= 4 is 0 Å². The number of rotatable bonds is 6. The van der Waals surface area contributed by atoms with E-state index in [2.05, 4.69) is 19.1 Å². The third-order valence-corrected chi connectivity index (χ3v) is 5.68. The lowest BCUT2D eigenvalue weighted by molar-refractivity contribution is 0.303. The van der Waals surface area contributed by atoms with Crippen LogP contribution in [0.5, 0.6) is 0 Å². The number of hydrogen-bond donors (Lipinski definition) is 0. The van der Waals surface area contributed by atoms with Gasteiger partial charge in [0.1, 0.15) is 11.6 Å². The number of unbranched alkanes of at least 4 members (excludes halogenated alkanes) is 2. The highest BCUT2D eigenvalue weighted by molar-refractivity contribution is 5.64. The second-order valence-electron chi connectivity index (χ2n) is 7.46. The van der Waals surface area contributed by atoms with E-state index >= 15 is 0 Å². The Hall–Kier alpha value is -1.70. The first-order chi connectivity index (χ1) is 12.2. The van der Waals surface area contributed by atoms with Gasteiger partial charge in [0.05, 0.1) is 0 Å². The van der Waals surface area contributed by atoms with Crippen molar-refractivity contribution in [2.24, 2.45) is 5.92 Å². The second kappa shape index (κ2) is 8.60. The molecule has 2 aromatic carbocycles. The van der Waals surface area contributed by atoms with E-state index in [1.54, 1.807) is 0 Å². The molecular weight excluding hydrogens is 314 g/mol. The first kappa shape index (κ1) is 18.1. The van der Waals surface area contributed by atoms with Crippen LogP contribution in [0, 0.1) is 17.6 Å². The fourth-order valence-electron chi connectivity index (χ4n) is 4.12. The van der Waals surface area contributed by atoms with Gasteiger partial charge in [-0.3, -0.25) is 0 Å². The Labute approximate surface area is 150 Å². The van der Waals surface area contributed by atoms with E-state index in [0.29, 0.717) is 11.5 Å². The summed E-state index contributed by atoms with van der Waals surface area (Å²) in [7, 11) is 0. The highest BCUT2D eigenvalue weighted by atomic mass is 19.1. The monoisotopic (exact) mass is 342 g/mol. The van der Waals surface area contributed by atoms with Crippen molar-refractivity contribution in [1.82, 2.24) is 0 Å². The maximum Gasteiger partial charge on any atom is 0.131 e. The predicted molar refractivity (Wildman–Crippen MR) is 101 cm³/mol. The minimum atomic E-state index is -0.401. The summed E-state index contributed by atoms with van der Waals surface area (Å²) in [6, 6.07) is 11.7. The standard InChI is InChI=1S/C23H28F2/c1-2-3-4-5-17-6-8-18(9-7-17)19-10-12-20(13-11-19)22-16-21(24)14-15-23(22)25/h10-18H,2-9H2,1H3. The number of hydrogen-bond acceptors (Lipinski definition) is 0. The maximum absolute atomic E-state index is 13.9. The van der Waals surface area contributed by atoms with E-state index in [0.717, 1.165) is 17.5 Å². The molecule has 0 unspecified atom stereocenters. The molecule has 0 heterocycles. The van der Waals surface area contributed by atoms with Crippen LogP contribution >= 0.6 is 0 Å². The quantitative estimate of drug-likeness (QED) is 0.477. The van der Waals surface area contributed by atoms with Gasteiger partial charge >= 0.3 is 0 Å². The molecular formula is C23H28F2. The van der Waals surface area contributed by atoms with E-state index < -0.39 is 5.82 Å². The van der Waals surface area contributed by atoms with Crippen LogP contribution in [0.15, 0.2) is 42.5 Å². The van der Waals surface area contributed by atoms with Crippen molar-refractivity contribution < 1.29 is 8.78 Å². The van der Waals surface area contributed by atoms with Crippen LogP contribution in [0.1, 0.15) is 69.8 Å². The molecule has 0 N–H and O–H groups in total. The summed E-state index contributed by atoms with van der Waals surface area (Å²) in [6.07, 6.45) is 10.6. The van der Waals surface area contributed by atoms with Crippen molar-refractivity contribution in [3.05, 3.63) is 59.7 Å². The van der Waals surface area contributed by atoms with Gasteiger partial charge in [-0.05, 0) is 66.8 Å². The van der Waals surface area contributed by atoms with E-state index in [4.69, 9.17) is 0 Å². The molecule has 2 heteroatoms. The van der Waals surface area contributed by atoms with Crippen molar-refractivity contribution in [3.63, 3.8) is 0 Å². The van der Waals surface area contributed by atoms with Crippen LogP contribution in [0.4, 0.5) is 8.78 Å². The highest BCUT2D eigenvalue weighted by Crippen LogP contribution is 2.38. The summed E-state index contributed by atoms with van der Waals surface area (Å²) in [5.41, 5.74) is 2.42. The first-order valence-corrected chi connectivity index (χ1v) is 9.72. The van der Waals surface area contributed by atoms with Gasteiger partial charge in [-0.2, -0.15) is 0 Å². The Kier molecular flexibility index (Phi) is 6.23. The normalized spacial score (nSPS) is 20.6. The summed E-state index contributed by atoms with van der Waals surface area (Å²) in [6.45, 7) is 2.26. The van der Waals surface area contributed by atoms with Gasteiger partial charge in [0.25, 0.3) is 0 Å². The second-order valence-corrected chi connectivity index (χ2v) is 7.46. The first-order valence-electron chi connectivity index (χ1n) is 9.72. The topological polar surface area (TPSA) is 0 Å². The third-order valence-electron chi connectivity index (χ3n) is 5.68. The van der Waals surface area contributed by atoms with Crippen LogP contribution in [0.3, 0.4) is 0 Å². The van der Waals surface area contributed by atoms with Crippen LogP contribution in [0.2, 0.25) is 0 Å². The molecule has 1 aliphatic carbocycles. The van der Waals surface area contributed by atoms with Gasteiger partial charge in [0.15, 0.2) is 0 Å². The molecule has 0 radical (unpaired) electrons. The summed E-state index contributed by atoms with van der Waals surface area (Å²) in [4.78, 5) is 0. The maximum atomic E-state index is 13.9. The molecule has 0 atom stereocenters. The zero-order valence-electron chi connectivity index (χ0n) is 15.1. The molecule has 1 saturated carbocycles. The Balaban J connectivity index is 1.61. The smallest absolute Gasteiger partial charge is 0.131 e. The zero-order chi connectivity index (χ0) is 17.6. The summed E-state index contributed by atoms with van der Waals surface area (Å²) in [5.74, 6) is 0.751. The third kappa shape index (κ3) is 4.68. The van der Waals surface area contributed by atoms with E-state index in [9.17, 15) is 8.78 Å².